The van der Waals surface area contributed by atoms with Crippen molar-refractivity contribution in [3.63, 3.8) is 0 Å². The Bertz CT molecular complexity index is 462. The Morgan fingerprint density at radius 3 is 2.43 bits per heavy atom. The third-order valence-corrected chi connectivity index (χ3v) is 2.87. The quantitative estimate of drug-likeness (QED) is 0.443. The van der Waals surface area contributed by atoms with E-state index in [1.807, 2.05) is 7.05 Å². The molecule has 0 spiro atoms. The SMILES string of the molecule is CNCCCNC(=O)NC(Cc1ccc(O)cc1)C(=O)O. The number of carbonyl (C=O) groups is 2. The topological polar surface area (TPSA) is 111 Å². The van der Waals surface area contributed by atoms with Gasteiger partial charge in [-0.2, -0.15) is 0 Å². The van der Waals surface area contributed by atoms with Crippen LogP contribution >= 0.6 is 0 Å². The van der Waals surface area contributed by atoms with E-state index >= 15 is 0 Å². The smallest absolute Gasteiger partial charge is 0.326 e. The van der Waals surface area contributed by atoms with Crippen LogP contribution in [0.2, 0.25) is 0 Å². The van der Waals surface area contributed by atoms with Crippen molar-refractivity contribution >= 4 is 12.0 Å². The van der Waals surface area contributed by atoms with Gasteiger partial charge in [-0.1, -0.05) is 12.1 Å². The van der Waals surface area contributed by atoms with Crippen molar-refractivity contribution in [3.8, 4) is 5.75 Å². The fraction of sp³-hybridized carbons (Fsp3) is 0.429. The van der Waals surface area contributed by atoms with Crippen molar-refractivity contribution in [2.45, 2.75) is 18.9 Å². The molecule has 116 valence electrons. The first kappa shape index (κ1) is 16.8. The van der Waals surface area contributed by atoms with Gasteiger partial charge in [0.25, 0.3) is 0 Å². The average molecular weight is 295 g/mol. The molecule has 0 heterocycles. The number of aliphatic carboxylic acids is 1. The zero-order valence-corrected chi connectivity index (χ0v) is 11.9. The van der Waals surface area contributed by atoms with E-state index in [1.165, 1.54) is 12.1 Å². The number of nitrogens with one attached hydrogen (secondary N) is 3. The lowest BCUT2D eigenvalue weighted by Gasteiger charge is -2.15. The monoisotopic (exact) mass is 295 g/mol. The van der Waals surface area contributed by atoms with E-state index in [9.17, 15) is 14.7 Å². The molecule has 0 saturated heterocycles. The van der Waals surface area contributed by atoms with Crippen LogP contribution in [0.15, 0.2) is 24.3 Å². The summed E-state index contributed by atoms with van der Waals surface area (Å²) in [6, 6.07) is 4.68. The molecule has 0 aliphatic carbocycles. The normalized spacial score (nSPS) is 11.7. The number of carboxylic acids is 1. The minimum absolute atomic E-state index is 0.112. The largest absolute Gasteiger partial charge is 0.508 e. The van der Waals surface area contributed by atoms with Gasteiger partial charge in [-0.3, -0.25) is 0 Å². The number of aromatic hydroxyl groups is 1. The van der Waals surface area contributed by atoms with Crippen molar-refractivity contribution in [1.29, 1.82) is 0 Å². The van der Waals surface area contributed by atoms with Crippen LogP contribution in [0.4, 0.5) is 4.79 Å². The first-order valence-corrected chi connectivity index (χ1v) is 6.72. The van der Waals surface area contributed by atoms with Crippen molar-refractivity contribution in [2.24, 2.45) is 0 Å². The third-order valence-electron chi connectivity index (χ3n) is 2.87. The summed E-state index contributed by atoms with van der Waals surface area (Å²) in [4.78, 5) is 22.8. The summed E-state index contributed by atoms with van der Waals surface area (Å²) < 4.78 is 0. The summed E-state index contributed by atoms with van der Waals surface area (Å²) >= 11 is 0. The number of amides is 2. The molecule has 7 heteroatoms. The van der Waals surface area contributed by atoms with E-state index in [-0.39, 0.29) is 12.2 Å². The number of hydrogen-bond acceptors (Lipinski definition) is 4. The highest BCUT2D eigenvalue weighted by Crippen LogP contribution is 2.11. The van der Waals surface area contributed by atoms with Gasteiger partial charge in [-0.15, -0.1) is 0 Å². The van der Waals surface area contributed by atoms with Gasteiger partial charge in [0.05, 0.1) is 0 Å². The summed E-state index contributed by atoms with van der Waals surface area (Å²) in [5.74, 6) is -0.991. The summed E-state index contributed by atoms with van der Waals surface area (Å²) in [7, 11) is 1.82. The van der Waals surface area contributed by atoms with Crippen molar-refractivity contribution in [3.05, 3.63) is 29.8 Å². The zero-order chi connectivity index (χ0) is 15.7. The number of rotatable bonds is 8. The highest BCUT2D eigenvalue weighted by atomic mass is 16.4. The Kier molecular flexibility index (Phi) is 7.03. The Hall–Kier alpha value is -2.28. The highest BCUT2D eigenvalue weighted by molar-refractivity contribution is 5.82. The fourth-order valence-electron chi connectivity index (χ4n) is 1.74. The maximum absolute atomic E-state index is 11.6. The van der Waals surface area contributed by atoms with E-state index in [1.54, 1.807) is 12.1 Å². The van der Waals surface area contributed by atoms with Gasteiger partial charge in [0.15, 0.2) is 0 Å². The van der Waals surface area contributed by atoms with E-state index in [0.29, 0.717) is 6.54 Å². The maximum atomic E-state index is 11.6. The van der Waals surface area contributed by atoms with Crippen LogP contribution in [-0.2, 0) is 11.2 Å². The maximum Gasteiger partial charge on any atom is 0.326 e. The molecule has 0 aromatic heterocycles. The lowest BCUT2D eigenvalue weighted by Crippen LogP contribution is -2.47. The molecule has 0 saturated carbocycles. The van der Waals surface area contributed by atoms with Gasteiger partial charge >= 0.3 is 12.0 Å². The molecule has 0 bridgehead atoms. The Balaban J connectivity index is 2.48. The molecule has 0 radical (unpaired) electrons. The predicted molar refractivity (Wildman–Crippen MR) is 78.3 cm³/mol. The number of phenols is 1. The van der Waals surface area contributed by atoms with Gasteiger partial charge in [-0.25, -0.2) is 9.59 Å². The number of carbonyl (C=O) groups excluding carboxylic acids is 1. The number of carboxylic acid groups (broad SMARTS) is 1. The second-order valence-corrected chi connectivity index (χ2v) is 4.62. The molecule has 0 aliphatic heterocycles. The average Bonchev–Trinajstić information content (AvgIpc) is 2.45. The van der Waals surface area contributed by atoms with Crippen LogP contribution in [-0.4, -0.2) is 48.4 Å². The molecule has 7 nitrogen and oxygen atoms in total. The van der Waals surface area contributed by atoms with Crippen LogP contribution in [0, 0.1) is 0 Å². The molecule has 5 N–H and O–H groups in total. The molecule has 0 fully saturated rings. The summed E-state index contributed by atoms with van der Waals surface area (Å²) in [6.07, 6.45) is 0.916. The van der Waals surface area contributed by atoms with E-state index in [2.05, 4.69) is 16.0 Å². The van der Waals surface area contributed by atoms with Crippen LogP contribution in [0.5, 0.6) is 5.75 Å². The minimum atomic E-state index is -1.10. The molecular weight excluding hydrogens is 274 g/mol. The van der Waals surface area contributed by atoms with Gasteiger partial charge in [0.2, 0.25) is 0 Å². The molecule has 0 aliphatic rings. The second-order valence-electron chi connectivity index (χ2n) is 4.62. The number of hydrogen-bond donors (Lipinski definition) is 5. The third kappa shape index (κ3) is 6.62. The summed E-state index contributed by atoms with van der Waals surface area (Å²) in [5.41, 5.74) is 0.718. The van der Waals surface area contributed by atoms with E-state index in [0.717, 1.165) is 18.5 Å². The van der Waals surface area contributed by atoms with Gasteiger partial charge < -0.3 is 26.2 Å². The Labute approximate surface area is 123 Å². The van der Waals surface area contributed by atoms with E-state index < -0.39 is 18.0 Å². The highest BCUT2D eigenvalue weighted by Gasteiger charge is 2.20. The molecule has 2 amide bonds. The second kappa shape index (κ2) is 8.80. The van der Waals surface area contributed by atoms with Crippen molar-refractivity contribution in [1.82, 2.24) is 16.0 Å². The first-order valence-electron chi connectivity index (χ1n) is 6.72. The minimum Gasteiger partial charge on any atom is -0.508 e. The standard InChI is InChI=1S/C14H21N3O4/c1-15-7-2-8-16-14(21)17-12(13(19)20)9-10-3-5-11(18)6-4-10/h3-6,12,15,18H,2,7-9H2,1H3,(H,19,20)(H2,16,17,21). The van der Waals surface area contributed by atoms with Crippen LogP contribution in [0.25, 0.3) is 0 Å². The van der Waals surface area contributed by atoms with Crippen molar-refractivity contribution < 1.29 is 19.8 Å². The predicted octanol–water partition coefficient (Wildman–Crippen LogP) is 0.297. The molecular formula is C14H21N3O4. The van der Waals surface area contributed by atoms with Crippen LogP contribution in [0.3, 0.4) is 0 Å². The zero-order valence-electron chi connectivity index (χ0n) is 11.9. The molecule has 21 heavy (non-hydrogen) atoms. The number of urea groups is 1. The van der Waals surface area contributed by atoms with Gasteiger partial charge in [0.1, 0.15) is 11.8 Å². The van der Waals surface area contributed by atoms with Gasteiger partial charge in [-0.05, 0) is 37.7 Å². The number of phenolic OH excluding ortho intramolecular Hbond substituents is 1. The fourth-order valence-corrected chi connectivity index (χ4v) is 1.74. The van der Waals surface area contributed by atoms with Crippen LogP contribution < -0.4 is 16.0 Å². The molecule has 1 aromatic rings. The molecule has 1 rings (SSSR count). The van der Waals surface area contributed by atoms with Crippen molar-refractivity contribution in [2.75, 3.05) is 20.1 Å². The Morgan fingerprint density at radius 2 is 1.86 bits per heavy atom. The number of benzene rings is 1. The molecule has 1 atom stereocenters. The van der Waals surface area contributed by atoms with Gasteiger partial charge in [0, 0.05) is 13.0 Å². The Morgan fingerprint density at radius 1 is 1.19 bits per heavy atom. The van der Waals surface area contributed by atoms with E-state index in [4.69, 9.17) is 5.11 Å². The summed E-state index contributed by atoms with van der Waals surface area (Å²) in [6.45, 7) is 1.24. The molecule has 1 aromatic carbocycles. The summed E-state index contributed by atoms with van der Waals surface area (Å²) in [5, 5.41) is 26.3. The first-order chi connectivity index (χ1) is 10.0. The lowest BCUT2D eigenvalue weighted by molar-refractivity contribution is -0.139. The van der Waals surface area contributed by atoms with Crippen LogP contribution in [0.1, 0.15) is 12.0 Å². The lowest BCUT2D eigenvalue weighted by atomic mass is 10.1. The molecule has 1 unspecified atom stereocenters.